The van der Waals surface area contributed by atoms with Crippen molar-refractivity contribution in [3.05, 3.63) is 46.1 Å². The van der Waals surface area contributed by atoms with E-state index >= 15 is 0 Å². The van der Waals surface area contributed by atoms with Gasteiger partial charge >= 0.3 is 0 Å². The molecule has 0 fully saturated rings. The van der Waals surface area contributed by atoms with Gasteiger partial charge in [-0.15, -0.1) is 0 Å². The minimum absolute atomic E-state index is 0.0659. The van der Waals surface area contributed by atoms with Gasteiger partial charge < -0.3 is 24.8 Å². The molecule has 4 N–H and O–H groups in total. The lowest BCUT2D eigenvalue weighted by Gasteiger charge is -2.09. The molecule has 3 rings (SSSR count). The first-order valence-electron chi connectivity index (χ1n) is 6.96. The number of hydrogen-bond acceptors (Lipinski definition) is 6. The fourth-order valence-corrected chi connectivity index (χ4v) is 2.38. The lowest BCUT2D eigenvalue weighted by atomic mass is 10.1. The number of benzene rings is 2. The zero-order valence-corrected chi connectivity index (χ0v) is 12.2. The molecule has 0 aliphatic carbocycles. The second-order valence-electron chi connectivity index (χ2n) is 5.16. The molecule has 6 heteroatoms. The van der Waals surface area contributed by atoms with Crippen molar-refractivity contribution in [1.82, 2.24) is 0 Å². The molecule has 0 unspecified atom stereocenters. The Hall–Kier alpha value is -3.15. The van der Waals surface area contributed by atoms with Crippen molar-refractivity contribution in [2.45, 2.75) is 13.3 Å². The minimum atomic E-state index is -0.690. The first kappa shape index (κ1) is 14.8. The third-order valence-electron chi connectivity index (χ3n) is 3.67. The Balaban J connectivity index is 2.33. The van der Waals surface area contributed by atoms with Crippen LogP contribution < -0.4 is 5.43 Å². The second kappa shape index (κ2) is 5.24. The van der Waals surface area contributed by atoms with Gasteiger partial charge in [-0.1, -0.05) is 13.0 Å². The highest BCUT2D eigenvalue weighted by atomic mass is 16.4. The minimum Gasteiger partial charge on any atom is -0.504 e. The summed E-state index contributed by atoms with van der Waals surface area (Å²) in [5.74, 6) is -2.70. The van der Waals surface area contributed by atoms with Crippen LogP contribution in [0.5, 0.6) is 23.0 Å². The molecule has 0 aliphatic rings. The summed E-state index contributed by atoms with van der Waals surface area (Å²) in [5, 5.41) is 38.9. The molecule has 3 aromatic rings. The van der Waals surface area contributed by atoms with Crippen molar-refractivity contribution in [3.63, 3.8) is 0 Å². The number of phenols is 3. The molecule has 0 aliphatic heterocycles. The fraction of sp³-hybridized carbons (Fsp3) is 0.118. The maximum atomic E-state index is 12.3. The van der Waals surface area contributed by atoms with E-state index in [2.05, 4.69) is 0 Å². The van der Waals surface area contributed by atoms with Crippen LogP contribution in [0.2, 0.25) is 0 Å². The zero-order chi connectivity index (χ0) is 16.7. The molecule has 23 heavy (non-hydrogen) atoms. The number of aromatic hydroxyl groups is 4. The summed E-state index contributed by atoms with van der Waals surface area (Å²) < 4.78 is 5.60. The first-order valence-corrected chi connectivity index (χ1v) is 6.96. The summed E-state index contributed by atoms with van der Waals surface area (Å²) in [6, 6.07) is 7.22. The van der Waals surface area contributed by atoms with E-state index in [1.807, 2.05) is 6.92 Å². The first-order chi connectivity index (χ1) is 10.9. The van der Waals surface area contributed by atoms with Crippen LogP contribution in [-0.4, -0.2) is 20.4 Å². The quantitative estimate of drug-likeness (QED) is 0.541. The van der Waals surface area contributed by atoms with Crippen LogP contribution in [0.25, 0.3) is 22.3 Å². The highest BCUT2D eigenvalue weighted by molar-refractivity contribution is 5.83. The highest BCUT2D eigenvalue weighted by Crippen LogP contribution is 2.41. The molecule has 0 saturated carbocycles. The Kier molecular flexibility index (Phi) is 3.37. The summed E-state index contributed by atoms with van der Waals surface area (Å²) in [4.78, 5) is 12.3. The van der Waals surface area contributed by atoms with Crippen LogP contribution in [0.4, 0.5) is 0 Å². The lowest BCUT2D eigenvalue weighted by molar-refractivity contribution is 0.368. The van der Waals surface area contributed by atoms with Gasteiger partial charge in [0, 0.05) is 5.56 Å². The SMILES string of the molecule is CCc1ccc2c(=O)c(O)c(-c3cc(O)c(O)c(O)c3)oc2c1. The van der Waals surface area contributed by atoms with Crippen LogP contribution in [0.15, 0.2) is 39.5 Å². The molecule has 6 nitrogen and oxygen atoms in total. The van der Waals surface area contributed by atoms with Gasteiger partial charge in [-0.25, -0.2) is 0 Å². The predicted molar refractivity (Wildman–Crippen MR) is 84.0 cm³/mol. The number of aryl methyl sites for hydroxylation is 1. The molecule has 0 radical (unpaired) electrons. The second-order valence-corrected chi connectivity index (χ2v) is 5.16. The molecular weight excluding hydrogens is 300 g/mol. The summed E-state index contributed by atoms with van der Waals surface area (Å²) in [5.41, 5.74) is 0.690. The smallest absolute Gasteiger partial charge is 0.235 e. The van der Waals surface area contributed by atoms with E-state index in [9.17, 15) is 25.2 Å². The van der Waals surface area contributed by atoms with E-state index in [1.165, 1.54) is 0 Å². The van der Waals surface area contributed by atoms with Crippen LogP contribution in [0.3, 0.4) is 0 Å². The molecule has 0 saturated heterocycles. The van der Waals surface area contributed by atoms with Crippen molar-refractivity contribution in [2.24, 2.45) is 0 Å². The third kappa shape index (κ3) is 2.34. The normalized spacial score (nSPS) is 11.0. The molecule has 0 atom stereocenters. The van der Waals surface area contributed by atoms with E-state index < -0.39 is 28.4 Å². The topological polar surface area (TPSA) is 111 Å². The molecule has 1 heterocycles. The summed E-state index contributed by atoms with van der Waals surface area (Å²) >= 11 is 0. The summed E-state index contributed by atoms with van der Waals surface area (Å²) in [6.45, 7) is 1.96. The van der Waals surface area contributed by atoms with Crippen molar-refractivity contribution in [3.8, 4) is 34.3 Å². The fourth-order valence-electron chi connectivity index (χ4n) is 2.38. The van der Waals surface area contributed by atoms with Crippen LogP contribution in [-0.2, 0) is 6.42 Å². The van der Waals surface area contributed by atoms with Crippen molar-refractivity contribution >= 4 is 11.0 Å². The van der Waals surface area contributed by atoms with Gasteiger partial charge in [-0.2, -0.15) is 0 Å². The molecule has 118 valence electrons. The van der Waals surface area contributed by atoms with Gasteiger partial charge in [-0.05, 0) is 36.2 Å². The van der Waals surface area contributed by atoms with Gasteiger partial charge in [0.15, 0.2) is 23.0 Å². The molecule has 0 amide bonds. The molecule has 2 aromatic carbocycles. The van der Waals surface area contributed by atoms with E-state index in [0.717, 1.165) is 24.1 Å². The summed E-state index contributed by atoms with van der Waals surface area (Å²) in [6.07, 6.45) is 0.747. The van der Waals surface area contributed by atoms with Gasteiger partial charge in [-0.3, -0.25) is 4.79 Å². The number of fused-ring (bicyclic) bond motifs is 1. The van der Waals surface area contributed by atoms with Gasteiger partial charge in [0.2, 0.25) is 11.2 Å². The van der Waals surface area contributed by atoms with Crippen molar-refractivity contribution in [2.75, 3.05) is 0 Å². The number of phenolic OH excluding ortho intramolecular Hbond substituents is 3. The Morgan fingerprint density at radius 1 is 0.957 bits per heavy atom. The van der Waals surface area contributed by atoms with Crippen molar-refractivity contribution < 1.29 is 24.8 Å². The molecule has 1 aromatic heterocycles. The Bertz CT molecular complexity index is 948. The van der Waals surface area contributed by atoms with Gasteiger partial charge in [0.1, 0.15) is 5.58 Å². The standard InChI is InChI=1S/C17H14O6/c1-2-8-3-4-10-13(5-8)23-17(16(22)14(10)20)9-6-11(18)15(21)12(19)7-9/h3-7,18-19,21-22H,2H2,1H3. The number of rotatable bonds is 2. The van der Waals surface area contributed by atoms with Crippen molar-refractivity contribution in [1.29, 1.82) is 0 Å². The zero-order valence-electron chi connectivity index (χ0n) is 12.2. The van der Waals surface area contributed by atoms with E-state index in [0.29, 0.717) is 0 Å². The lowest BCUT2D eigenvalue weighted by Crippen LogP contribution is -2.03. The van der Waals surface area contributed by atoms with E-state index in [-0.39, 0.29) is 22.3 Å². The Morgan fingerprint density at radius 2 is 1.61 bits per heavy atom. The summed E-state index contributed by atoms with van der Waals surface area (Å²) in [7, 11) is 0. The average molecular weight is 314 g/mol. The predicted octanol–water partition coefficient (Wildman–Crippen LogP) is 2.84. The largest absolute Gasteiger partial charge is 0.504 e. The third-order valence-corrected chi connectivity index (χ3v) is 3.67. The Morgan fingerprint density at radius 3 is 2.22 bits per heavy atom. The molecule has 0 spiro atoms. The monoisotopic (exact) mass is 314 g/mol. The van der Waals surface area contributed by atoms with Gasteiger partial charge in [0.05, 0.1) is 5.39 Å². The maximum absolute atomic E-state index is 12.3. The van der Waals surface area contributed by atoms with Gasteiger partial charge in [0.25, 0.3) is 0 Å². The van der Waals surface area contributed by atoms with E-state index in [1.54, 1.807) is 18.2 Å². The molecule has 0 bridgehead atoms. The van der Waals surface area contributed by atoms with E-state index in [4.69, 9.17) is 4.42 Å². The maximum Gasteiger partial charge on any atom is 0.235 e. The highest BCUT2D eigenvalue weighted by Gasteiger charge is 2.18. The number of hydrogen-bond donors (Lipinski definition) is 4. The average Bonchev–Trinajstić information content (AvgIpc) is 2.55. The van der Waals surface area contributed by atoms with Crippen LogP contribution in [0.1, 0.15) is 12.5 Å². The Labute approximate surface area is 130 Å². The van der Waals surface area contributed by atoms with Crippen LogP contribution in [0, 0.1) is 0 Å². The van der Waals surface area contributed by atoms with Crippen LogP contribution >= 0.6 is 0 Å². The molecular formula is C17H14O6.